The molecule has 2 rings (SSSR count). The number of ether oxygens (including phenoxy) is 1. The van der Waals surface area contributed by atoms with Crippen molar-refractivity contribution in [2.24, 2.45) is 0 Å². The van der Waals surface area contributed by atoms with E-state index in [0.717, 1.165) is 24.5 Å². The molecule has 0 fully saturated rings. The zero-order valence-corrected chi connectivity index (χ0v) is 14.8. The van der Waals surface area contributed by atoms with E-state index in [2.05, 4.69) is 26.1 Å². The van der Waals surface area contributed by atoms with Crippen molar-refractivity contribution < 1.29 is 9.53 Å². The van der Waals surface area contributed by atoms with Crippen LogP contribution in [0.25, 0.3) is 0 Å². The normalized spacial score (nSPS) is 10.7. The summed E-state index contributed by atoms with van der Waals surface area (Å²) in [5.41, 5.74) is 2.67. The Balaban J connectivity index is 1.89. The number of benzene rings is 2. The number of rotatable bonds is 8. The minimum absolute atomic E-state index is 0.0954. The van der Waals surface area contributed by atoms with Gasteiger partial charge in [-0.1, -0.05) is 45.7 Å². The summed E-state index contributed by atoms with van der Waals surface area (Å²) in [5.74, 6) is 1.21. The maximum atomic E-state index is 12.3. The van der Waals surface area contributed by atoms with E-state index in [-0.39, 0.29) is 5.91 Å². The van der Waals surface area contributed by atoms with Crippen molar-refractivity contribution in [3.8, 4) is 5.75 Å². The molecule has 0 aliphatic heterocycles. The van der Waals surface area contributed by atoms with Gasteiger partial charge in [-0.3, -0.25) is 4.79 Å². The highest BCUT2D eigenvalue weighted by molar-refractivity contribution is 6.04. The average molecular weight is 325 g/mol. The Morgan fingerprint density at radius 3 is 2.25 bits per heavy atom. The third kappa shape index (κ3) is 5.41. The van der Waals surface area contributed by atoms with Gasteiger partial charge in [0.2, 0.25) is 0 Å². The number of amides is 1. The Morgan fingerprint density at radius 2 is 1.67 bits per heavy atom. The summed E-state index contributed by atoms with van der Waals surface area (Å²) in [5, 5.41) is 2.92. The molecule has 2 aromatic rings. The van der Waals surface area contributed by atoms with Crippen LogP contribution in [0.1, 0.15) is 61.9 Å². The van der Waals surface area contributed by atoms with Gasteiger partial charge in [-0.05, 0) is 54.3 Å². The van der Waals surface area contributed by atoms with Crippen LogP contribution < -0.4 is 10.1 Å². The number of nitrogens with one attached hydrogen (secondary N) is 1. The molecular formula is C21H27NO2. The largest absolute Gasteiger partial charge is 0.494 e. The lowest BCUT2D eigenvalue weighted by molar-refractivity contribution is 0.102. The number of carbonyl (C=O) groups excluding carboxylic acids is 1. The van der Waals surface area contributed by atoms with Crippen molar-refractivity contribution in [3.05, 3.63) is 59.7 Å². The monoisotopic (exact) mass is 325 g/mol. The summed E-state index contributed by atoms with van der Waals surface area (Å²) in [6.45, 7) is 7.19. The van der Waals surface area contributed by atoms with Crippen LogP contribution in [0.2, 0.25) is 0 Å². The number of unbranched alkanes of at least 4 members (excludes halogenated alkanes) is 2. The second-order valence-electron chi connectivity index (χ2n) is 6.31. The fourth-order valence-electron chi connectivity index (χ4n) is 2.40. The smallest absolute Gasteiger partial charge is 0.255 e. The van der Waals surface area contributed by atoms with Crippen LogP contribution in [-0.2, 0) is 0 Å². The summed E-state index contributed by atoms with van der Waals surface area (Å²) in [4.78, 5) is 12.3. The highest BCUT2D eigenvalue weighted by atomic mass is 16.5. The summed E-state index contributed by atoms with van der Waals surface area (Å²) in [6, 6.07) is 15.3. The van der Waals surface area contributed by atoms with Crippen molar-refractivity contribution in [2.45, 2.75) is 46.0 Å². The fourth-order valence-corrected chi connectivity index (χ4v) is 2.40. The molecule has 128 valence electrons. The summed E-state index contributed by atoms with van der Waals surface area (Å²) in [6.07, 6.45) is 3.44. The molecule has 1 N–H and O–H groups in total. The SMILES string of the molecule is CCCCCOc1ccc(NC(=O)c2ccc(C(C)C)cc2)cc1. The highest BCUT2D eigenvalue weighted by Gasteiger charge is 2.07. The minimum Gasteiger partial charge on any atom is -0.494 e. The molecule has 0 aliphatic rings. The Morgan fingerprint density at radius 1 is 1.00 bits per heavy atom. The van der Waals surface area contributed by atoms with Crippen molar-refractivity contribution in [1.29, 1.82) is 0 Å². The van der Waals surface area contributed by atoms with Crippen LogP contribution in [0.4, 0.5) is 5.69 Å². The third-order valence-electron chi connectivity index (χ3n) is 3.97. The molecule has 0 aromatic heterocycles. The maximum absolute atomic E-state index is 12.3. The molecule has 24 heavy (non-hydrogen) atoms. The van der Waals surface area contributed by atoms with Gasteiger partial charge in [-0.25, -0.2) is 0 Å². The van der Waals surface area contributed by atoms with Gasteiger partial charge < -0.3 is 10.1 Å². The topological polar surface area (TPSA) is 38.3 Å². The van der Waals surface area contributed by atoms with Gasteiger partial charge in [0.05, 0.1) is 6.61 Å². The lowest BCUT2D eigenvalue weighted by atomic mass is 10.0. The molecule has 0 spiro atoms. The second-order valence-corrected chi connectivity index (χ2v) is 6.31. The zero-order valence-electron chi connectivity index (χ0n) is 14.8. The van der Waals surface area contributed by atoms with Crippen molar-refractivity contribution >= 4 is 11.6 Å². The van der Waals surface area contributed by atoms with E-state index in [1.54, 1.807) is 0 Å². The number of hydrogen-bond donors (Lipinski definition) is 1. The Labute approximate surface area is 145 Å². The maximum Gasteiger partial charge on any atom is 0.255 e. The Kier molecular flexibility index (Phi) is 6.86. The molecule has 0 saturated carbocycles. The van der Waals surface area contributed by atoms with E-state index in [0.29, 0.717) is 11.5 Å². The van der Waals surface area contributed by atoms with E-state index in [1.165, 1.54) is 18.4 Å². The molecule has 0 unspecified atom stereocenters. The van der Waals surface area contributed by atoms with E-state index in [4.69, 9.17) is 4.74 Å². The molecule has 0 aliphatic carbocycles. The van der Waals surface area contributed by atoms with Crippen LogP contribution in [0, 0.1) is 0 Å². The number of carbonyl (C=O) groups is 1. The summed E-state index contributed by atoms with van der Waals surface area (Å²) in [7, 11) is 0. The molecular weight excluding hydrogens is 298 g/mol. The van der Waals surface area contributed by atoms with Crippen molar-refractivity contribution in [3.63, 3.8) is 0 Å². The third-order valence-corrected chi connectivity index (χ3v) is 3.97. The quantitative estimate of drug-likeness (QED) is 0.639. The van der Waals surface area contributed by atoms with E-state index >= 15 is 0 Å². The Hall–Kier alpha value is -2.29. The summed E-state index contributed by atoms with van der Waals surface area (Å²) < 4.78 is 5.68. The lowest BCUT2D eigenvalue weighted by Gasteiger charge is -2.09. The van der Waals surface area contributed by atoms with Gasteiger partial charge in [0, 0.05) is 11.3 Å². The van der Waals surface area contributed by atoms with E-state index in [1.807, 2.05) is 48.5 Å². The van der Waals surface area contributed by atoms with E-state index in [9.17, 15) is 4.79 Å². The van der Waals surface area contributed by atoms with Gasteiger partial charge in [-0.2, -0.15) is 0 Å². The Bertz CT molecular complexity index is 630. The van der Waals surface area contributed by atoms with Gasteiger partial charge in [0.1, 0.15) is 5.75 Å². The van der Waals surface area contributed by atoms with Gasteiger partial charge in [-0.15, -0.1) is 0 Å². The molecule has 1 amide bonds. The van der Waals surface area contributed by atoms with Crippen LogP contribution >= 0.6 is 0 Å². The van der Waals surface area contributed by atoms with Crippen LogP contribution in [-0.4, -0.2) is 12.5 Å². The molecule has 3 heteroatoms. The molecule has 0 heterocycles. The predicted octanol–water partition coefficient (Wildman–Crippen LogP) is 5.63. The van der Waals surface area contributed by atoms with Gasteiger partial charge >= 0.3 is 0 Å². The first-order valence-electron chi connectivity index (χ1n) is 8.74. The first-order valence-corrected chi connectivity index (χ1v) is 8.74. The standard InChI is InChI=1S/C21H27NO2/c1-4-5-6-15-24-20-13-11-19(12-14-20)22-21(23)18-9-7-17(8-10-18)16(2)3/h7-14,16H,4-6,15H2,1-3H3,(H,22,23). The minimum atomic E-state index is -0.0954. The molecule has 0 radical (unpaired) electrons. The lowest BCUT2D eigenvalue weighted by Crippen LogP contribution is -2.11. The second kappa shape index (κ2) is 9.11. The van der Waals surface area contributed by atoms with Crippen LogP contribution in [0.15, 0.2) is 48.5 Å². The zero-order chi connectivity index (χ0) is 17.4. The molecule has 0 saturated heterocycles. The number of hydrogen-bond acceptors (Lipinski definition) is 2. The number of anilines is 1. The van der Waals surface area contributed by atoms with Crippen LogP contribution in [0.3, 0.4) is 0 Å². The average Bonchev–Trinajstić information content (AvgIpc) is 2.60. The van der Waals surface area contributed by atoms with Crippen LogP contribution in [0.5, 0.6) is 5.75 Å². The molecule has 0 atom stereocenters. The fraction of sp³-hybridized carbons (Fsp3) is 0.381. The molecule has 2 aromatic carbocycles. The first-order chi connectivity index (χ1) is 11.6. The molecule has 0 bridgehead atoms. The van der Waals surface area contributed by atoms with Crippen molar-refractivity contribution in [1.82, 2.24) is 0 Å². The highest BCUT2D eigenvalue weighted by Crippen LogP contribution is 2.18. The first kappa shape index (κ1) is 18.1. The molecule has 3 nitrogen and oxygen atoms in total. The predicted molar refractivity (Wildman–Crippen MR) is 99.9 cm³/mol. The van der Waals surface area contributed by atoms with E-state index < -0.39 is 0 Å². The van der Waals surface area contributed by atoms with Gasteiger partial charge in [0.15, 0.2) is 0 Å². The summed E-state index contributed by atoms with van der Waals surface area (Å²) >= 11 is 0. The van der Waals surface area contributed by atoms with Gasteiger partial charge in [0.25, 0.3) is 5.91 Å². The van der Waals surface area contributed by atoms with Crippen molar-refractivity contribution in [2.75, 3.05) is 11.9 Å².